The van der Waals surface area contributed by atoms with Crippen LogP contribution in [0.25, 0.3) is 0 Å². The summed E-state index contributed by atoms with van der Waals surface area (Å²) < 4.78 is 5.45. The predicted octanol–water partition coefficient (Wildman–Crippen LogP) is 2.77. The van der Waals surface area contributed by atoms with Crippen LogP contribution in [0.4, 0.5) is 0 Å². The Morgan fingerprint density at radius 2 is 2.42 bits per heavy atom. The molecule has 1 aliphatic heterocycles. The molecule has 1 amide bonds. The summed E-state index contributed by atoms with van der Waals surface area (Å²) in [5.74, 6) is 1.76. The lowest BCUT2D eigenvalue weighted by atomic mass is 9.98. The number of H-pyrrole nitrogens is 1. The third-order valence-corrected chi connectivity index (χ3v) is 4.55. The van der Waals surface area contributed by atoms with Gasteiger partial charge in [-0.1, -0.05) is 19.0 Å². The quantitative estimate of drug-likeness (QED) is 0.854. The van der Waals surface area contributed by atoms with Crippen LogP contribution in [-0.2, 0) is 6.54 Å². The Morgan fingerprint density at radius 3 is 3.12 bits per heavy atom. The van der Waals surface area contributed by atoms with Crippen LogP contribution < -0.4 is 5.32 Å². The maximum absolute atomic E-state index is 12.0. The number of carbonyl (C=O) groups excluding carboxylic acids is 1. The monoisotopic (exact) mass is 330 g/mol. The molecule has 0 unspecified atom stereocenters. The van der Waals surface area contributed by atoms with Crippen molar-refractivity contribution >= 4 is 5.91 Å². The average molecular weight is 330 g/mol. The smallest absolute Gasteiger partial charge is 0.267 e. The van der Waals surface area contributed by atoms with Crippen LogP contribution in [0.2, 0.25) is 0 Å². The Hall–Kier alpha value is -2.08. The van der Waals surface area contributed by atoms with Crippen LogP contribution in [0.5, 0.6) is 0 Å². The molecule has 0 spiro atoms. The second-order valence-electron chi connectivity index (χ2n) is 6.91. The van der Waals surface area contributed by atoms with E-state index in [0.29, 0.717) is 24.1 Å². The summed E-state index contributed by atoms with van der Waals surface area (Å²) in [6.45, 7) is 7.78. The molecule has 0 radical (unpaired) electrons. The van der Waals surface area contributed by atoms with Crippen molar-refractivity contribution in [3.05, 3.63) is 41.5 Å². The number of piperidine rings is 1. The van der Waals surface area contributed by atoms with E-state index in [4.69, 9.17) is 4.52 Å². The number of amides is 1. The predicted molar refractivity (Wildman–Crippen MR) is 91.7 cm³/mol. The molecule has 130 valence electrons. The molecule has 3 heterocycles. The zero-order chi connectivity index (χ0) is 16.9. The highest BCUT2D eigenvalue weighted by Gasteiger charge is 2.22. The number of nitrogens with one attached hydrogen (secondary N) is 2. The lowest BCUT2D eigenvalue weighted by Crippen LogP contribution is -2.40. The Labute approximate surface area is 142 Å². The van der Waals surface area contributed by atoms with E-state index in [1.165, 1.54) is 0 Å². The summed E-state index contributed by atoms with van der Waals surface area (Å²) in [6, 6.07) is 5.68. The summed E-state index contributed by atoms with van der Waals surface area (Å²) in [7, 11) is 0. The second-order valence-corrected chi connectivity index (χ2v) is 6.91. The molecule has 6 heteroatoms. The van der Waals surface area contributed by atoms with Crippen molar-refractivity contribution in [1.29, 1.82) is 0 Å². The molecule has 3 rings (SSSR count). The lowest BCUT2D eigenvalue weighted by Gasteiger charge is -2.32. The van der Waals surface area contributed by atoms with Crippen LogP contribution in [0.1, 0.15) is 54.5 Å². The van der Waals surface area contributed by atoms with Crippen LogP contribution in [0.15, 0.2) is 28.9 Å². The van der Waals surface area contributed by atoms with Crippen molar-refractivity contribution in [1.82, 2.24) is 20.4 Å². The standard InChI is InChI=1S/C18H26N4O2/c1-13(2)17-9-15(24-21-17)12-22-8-4-5-14(11-22)10-20-18(23)16-6-3-7-19-16/h3,6-7,9,13-14,19H,4-5,8,10-12H2,1-2H3,(H,20,23)/t14-/m1/s1. The zero-order valence-electron chi connectivity index (χ0n) is 14.4. The van der Waals surface area contributed by atoms with Gasteiger partial charge >= 0.3 is 0 Å². The van der Waals surface area contributed by atoms with Gasteiger partial charge in [0.25, 0.3) is 5.91 Å². The summed E-state index contributed by atoms with van der Waals surface area (Å²) in [5, 5.41) is 7.15. The molecule has 1 atom stereocenters. The molecule has 0 bridgehead atoms. The van der Waals surface area contributed by atoms with Crippen molar-refractivity contribution < 1.29 is 9.32 Å². The van der Waals surface area contributed by atoms with Gasteiger partial charge in [0, 0.05) is 25.4 Å². The fraction of sp³-hybridized carbons (Fsp3) is 0.556. The number of aromatic nitrogens is 2. The minimum Gasteiger partial charge on any atom is -0.360 e. The van der Waals surface area contributed by atoms with Gasteiger partial charge in [-0.25, -0.2) is 0 Å². The van der Waals surface area contributed by atoms with Gasteiger partial charge < -0.3 is 14.8 Å². The number of aromatic amines is 1. The topological polar surface area (TPSA) is 74.2 Å². The van der Waals surface area contributed by atoms with E-state index in [1.807, 2.05) is 6.07 Å². The van der Waals surface area contributed by atoms with Gasteiger partial charge in [0.2, 0.25) is 0 Å². The molecule has 24 heavy (non-hydrogen) atoms. The maximum Gasteiger partial charge on any atom is 0.267 e. The van der Waals surface area contributed by atoms with Crippen molar-refractivity contribution in [3.63, 3.8) is 0 Å². The third kappa shape index (κ3) is 4.26. The highest BCUT2D eigenvalue weighted by molar-refractivity contribution is 5.92. The highest BCUT2D eigenvalue weighted by atomic mass is 16.5. The minimum absolute atomic E-state index is 0.0334. The molecule has 1 saturated heterocycles. The summed E-state index contributed by atoms with van der Waals surface area (Å²) in [5.41, 5.74) is 1.63. The first-order chi connectivity index (χ1) is 11.6. The van der Waals surface area contributed by atoms with Gasteiger partial charge in [-0.3, -0.25) is 9.69 Å². The highest BCUT2D eigenvalue weighted by Crippen LogP contribution is 2.20. The van der Waals surface area contributed by atoms with Crippen LogP contribution in [0.3, 0.4) is 0 Å². The normalized spacial score (nSPS) is 18.9. The lowest BCUT2D eigenvalue weighted by molar-refractivity contribution is 0.0923. The molecule has 2 aromatic rings. The number of hydrogen-bond acceptors (Lipinski definition) is 4. The molecule has 0 aromatic carbocycles. The largest absolute Gasteiger partial charge is 0.360 e. The van der Waals surface area contributed by atoms with Crippen LogP contribution in [0, 0.1) is 5.92 Å². The van der Waals surface area contributed by atoms with E-state index < -0.39 is 0 Å². The van der Waals surface area contributed by atoms with Gasteiger partial charge in [-0.15, -0.1) is 0 Å². The third-order valence-electron chi connectivity index (χ3n) is 4.55. The van der Waals surface area contributed by atoms with E-state index in [0.717, 1.165) is 43.9 Å². The first-order valence-electron chi connectivity index (χ1n) is 8.71. The molecular weight excluding hydrogens is 304 g/mol. The van der Waals surface area contributed by atoms with Crippen LogP contribution in [-0.4, -0.2) is 40.6 Å². The Bertz CT molecular complexity index is 648. The van der Waals surface area contributed by atoms with E-state index in [9.17, 15) is 4.79 Å². The van der Waals surface area contributed by atoms with E-state index in [-0.39, 0.29) is 5.91 Å². The first-order valence-corrected chi connectivity index (χ1v) is 8.71. The summed E-state index contributed by atoms with van der Waals surface area (Å²) in [6.07, 6.45) is 4.06. The summed E-state index contributed by atoms with van der Waals surface area (Å²) in [4.78, 5) is 17.3. The molecule has 1 fully saturated rings. The Kier molecular flexibility index (Phi) is 5.35. The van der Waals surface area contributed by atoms with Crippen molar-refractivity contribution in [2.45, 2.75) is 39.2 Å². The Morgan fingerprint density at radius 1 is 1.54 bits per heavy atom. The SMILES string of the molecule is CC(C)c1cc(CN2CCC[C@H](CNC(=O)c3ccc[nH]3)C2)on1. The zero-order valence-corrected chi connectivity index (χ0v) is 14.4. The number of carbonyl (C=O) groups is 1. The molecule has 2 N–H and O–H groups in total. The number of rotatable bonds is 6. The van der Waals surface area contributed by atoms with Gasteiger partial charge in [0.15, 0.2) is 5.76 Å². The van der Waals surface area contributed by atoms with Crippen LogP contribution >= 0.6 is 0 Å². The Balaban J connectivity index is 1.48. The molecular formula is C18H26N4O2. The van der Waals surface area contributed by atoms with Gasteiger partial charge in [-0.05, 0) is 43.4 Å². The number of hydrogen-bond donors (Lipinski definition) is 2. The van der Waals surface area contributed by atoms with Gasteiger partial charge in [0.1, 0.15) is 5.69 Å². The molecule has 1 aliphatic rings. The minimum atomic E-state index is -0.0334. The molecule has 2 aromatic heterocycles. The first kappa shape index (κ1) is 16.8. The van der Waals surface area contributed by atoms with Gasteiger partial charge in [0.05, 0.1) is 12.2 Å². The maximum atomic E-state index is 12.0. The van der Waals surface area contributed by atoms with E-state index in [2.05, 4.69) is 40.3 Å². The molecule has 0 aliphatic carbocycles. The van der Waals surface area contributed by atoms with Gasteiger partial charge in [-0.2, -0.15) is 0 Å². The van der Waals surface area contributed by atoms with Crippen molar-refractivity contribution in [2.75, 3.05) is 19.6 Å². The fourth-order valence-electron chi connectivity index (χ4n) is 3.16. The number of nitrogens with zero attached hydrogens (tertiary/aromatic N) is 2. The second kappa shape index (κ2) is 7.66. The van der Waals surface area contributed by atoms with Crippen molar-refractivity contribution in [2.24, 2.45) is 5.92 Å². The average Bonchev–Trinajstić information content (AvgIpc) is 3.24. The van der Waals surface area contributed by atoms with E-state index in [1.54, 1.807) is 12.3 Å². The van der Waals surface area contributed by atoms with E-state index >= 15 is 0 Å². The number of likely N-dealkylation sites (tertiary alicyclic amines) is 1. The molecule has 6 nitrogen and oxygen atoms in total. The van der Waals surface area contributed by atoms with Crippen molar-refractivity contribution in [3.8, 4) is 0 Å². The summed E-state index contributed by atoms with van der Waals surface area (Å²) >= 11 is 0. The molecule has 0 saturated carbocycles. The fourth-order valence-corrected chi connectivity index (χ4v) is 3.16.